The number of aliphatic hydroxyl groups is 6. The van der Waals surface area contributed by atoms with E-state index in [1.54, 1.807) is 0 Å². The molecule has 0 aromatic rings. The molecule has 6 atom stereocenters. The van der Waals surface area contributed by atoms with E-state index < -0.39 is 43.4 Å². The van der Waals surface area contributed by atoms with Gasteiger partial charge in [-0.3, -0.25) is 0 Å². The van der Waals surface area contributed by atoms with E-state index in [0.717, 1.165) is 0 Å². The summed E-state index contributed by atoms with van der Waals surface area (Å²) in [6.45, 7) is -0.683. The van der Waals surface area contributed by atoms with E-state index in [0.29, 0.717) is 0 Å². The Balaban J connectivity index is 2.70. The lowest BCUT2D eigenvalue weighted by Gasteiger charge is -2.39. The van der Waals surface area contributed by atoms with Crippen molar-refractivity contribution in [2.75, 3.05) is 6.61 Å². The van der Waals surface area contributed by atoms with Crippen molar-refractivity contribution in [1.82, 2.24) is 0 Å². The standard InChI is InChI=1S/C7H14O7/c8-1-2(9)6-4(11)3(10)5(12)7(13)14-6/h2-13H,1H2/t2-,3+,4-,5-,6+,7+/m1/s1. The Bertz CT molecular complexity index is 187. The van der Waals surface area contributed by atoms with Crippen LogP contribution in [0.5, 0.6) is 0 Å². The van der Waals surface area contributed by atoms with Crippen LogP contribution in [0.3, 0.4) is 0 Å². The topological polar surface area (TPSA) is 131 Å². The fourth-order valence-corrected chi connectivity index (χ4v) is 1.31. The molecule has 0 aromatic heterocycles. The average molecular weight is 210 g/mol. The van der Waals surface area contributed by atoms with Crippen molar-refractivity contribution in [2.24, 2.45) is 0 Å². The van der Waals surface area contributed by atoms with Crippen molar-refractivity contribution >= 4 is 0 Å². The molecular formula is C7H14O7. The molecule has 0 radical (unpaired) electrons. The number of rotatable bonds is 2. The van der Waals surface area contributed by atoms with E-state index in [-0.39, 0.29) is 0 Å². The van der Waals surface area contributed by atoms with Crippen molar-refractivity contribution < 1.29 is 35.4 Å². The molecule has 1 fully saturated rings. The molecule has 0 unspecified atom stereocenters. The van der Waals surface area contributed by atoms with Gasteiger partial charge in [-0.1, -0.05) is 0 Å². The van der Waals surface area contributed by atoms with E-state index in [4.69, 9.17) is 20.4 Å². The largest absolute Gasteiger partial charge is 0.394 e. The summed E-state index contributed by atoms with van der Waals surface area (Å²) in [5, 5.41) is 54.3. The van der Waals surface area contributed by atoms with E-state index in [1.807, 2.05) is 0 Å². The van der Waals surface area contributed by atoms with Crippen molar-refractivity contribution in [3.63, 3.8) is 0 Å². The van der Waals surface area contributed by atoms with Gasteiger partial charge >= 0.3 is 0 Å². The van der Waals surface area contributed by atoms with Crippen LogP contribution in [0.15, 0.2) is 0 Å². The molecule has 0 aromatic carbocycles. The highest BCUT2D eigenvalue weighted by atomic mass is 16.6. The molecule has 1 aliphatic rings. The summed E-state index contributed by atoms with van der Waals surface area (Å²) in [5.41, 5.74) is 0. The van der Waals surface area contributed by atoms with Gasteiger partial charge < -0.3 is 35.4 Å². The first-order valence-corrected chi connectivity index (χ1v) is 4.15. The van der Waals surface area contributed by atoms with Crippen LogP contribution >= 0.6 is 0 Å². The van der Waals surface area contributed by atoms with Crippen molar-refractivity contribution in [1.29, 1.82) is 0 Å². The van der Waals surface area contributed by atoms with Gasteiger partial charge in [0, 0.05) is 0 Å². The first kappa shape index (κ1) is 11.8. The fraction of sp³-hybridized carbons (Fsp3) is 1.00. The zero-order valence-corrected chi connectivity index (χ0v) is 7.26. The van der Waals surface area contributed by atoms with Gasteiger partial charge in [0.1, 0.15) is 30.5 Å². The molecule has 1 rings (SSSR count). The van der Waals surface area contributed by atoms with Crippen LogP contribution in [0.1, 0.15) is 0 Å². The monoisotopic (exact) mass is 210 g/mol. The Morgan fingerprint density at radius 1 is 1.00 bits per heavy atom. The lowest BCUT2D eigenvalue weighted by molar-refractivity contribution is -0.298. The summed E-state index contributed by atoms with van der Waals surface area (Å²) < 4.78 is 4.62. The van der Waals surface area contributed by atoms with Gasteiger partial charge in [-0.2, -0.15) is 0 Å². The summed E-state index contributed by atoms with van der Waals surface area (Å²) >= 11 is 0. The first-order valence-electron chi connectivity index (χ1n) is 4.15. The molecule has 14 heavy (non-hydrogen) atoms. The predicted octanol–water partition coefficient (Wildman–Crippen LogP) is -3.86. The molecule has 0 saturated carbocycles. The van der Waals surface area contributed by atoms with Crippen LogP contribution in [-0.4, -0.2) is 74.1 Å². The maximum Gasteiger partial charge on any atom is 0.184 e. The van der Waals surface area contributed by atoms with Crippen molar-refractivity contribution in [3.05, 3.63) is 0 Å². The van der Waals surface area contributed by atoms with Gasteiger partial charge in [-0.25, -0.2) is 0 Å². The molecule has 0 bridgehead atoms. The molecule has 7 nitrogen and oxygen atoms in total. The predicted molar refractivity (Wildman–Crippen MR) is 42.0 cm³/mol. The Morgan fingerprint density at radius 2 is 1.57 bits per heavy atom. The molecule has 84 valence electrons. The van der Waals surface area contributed by atoms with E-state index in [9.17, 15) is 10.2 Å². The normalized spacial score (nSPS) is 46.3. The smallest absolute Gasteiger partial charge is 0.184 e. The molecule has 1 saturated heterocycles. The van der Waals surface area contributed by atoms with Crippen molar-refractivity contribution in [2.45, 2.75) is 36.8 Å². The second-order valence-corrected chi connectivity index (χ2v) is 3.21. The highest BCUT2D eigenvalue weighted by Crippen LogP contribution is 2.21. The van der Waals surface area contributed by atoms with Crippen LogP contribution < -0.4 is 0 Å². The second-order valence-electron chi connectivity index (χ2n) is 3.21. The molecular weight excluding hydrogens is 196 g/mol. The van der Waals surface area contributed by atoms with Gasteiger partial charge in [-0.15, -0.1) is 0 Å². The Labute approximate surface area is 79.8 Å². The molecule has 0 aliphatic carbocycles. The summed E-state index contributed by atoms with van der Waals surface area (Å²) in [5.74, 6) is 0. The third-order valence-corrected chi connectivity index (χ3v) is 2.19. The third kappa shape index (κ3) is 2.04. The Kier molecular flexibility index (Phi) is 3.78. The van der Waals surface area contributed by atoms with Gasteiger partial charge in [0.05, 0.1) is 6.61 Å². The SMILES string of the molecule is OC[C@@H](O)[C@@H]1O[C@H](O)[C@H](O)[C@@H](O)[C@H]1O. The number of hydrogen-bond acceptors (Lipinski definition) is 7. The quantitative estimate of drug-likeness (QED) is 0.275. The molecule has 6 N–H and O–H groups in total. The van der Waals surface area contributed by atoms with Crippen LogP contribution in [-0.2, 0) is 4.74 Å². The molecule has 0 amide bonds. The minimum Gasteiger partial charge on any atom is -0.394 e. The first-order chi connectivity index (χ1) is 6.49. The van der Waals surface area contributed by atoms with Gasteiger partial charge in [-0.05, 0) is 0 Å². The van der Waals surface area contributed by atoms with E-state index in [1.165, 1.54) is 0 Å². The van der Waals surface area contributed by atoms with Crippen LogP contribution in [0.4, 0.5) is 0 Å². The maximum atomic E-state index is 9.31. The van der Waals surface area contributed by atoms with Gasteiger partial charge in [0.15, 0.2) is 6.29 Å². The number of ether oxygens (including phenoxy) is 1. The second kappa shape index (κ2) is 4.49. The van der Waals surface area contributed by atoms with Gasteiger partial charge in [0.25, 0.3) is 0 Å². The highest BCUT2D eigenvalue weighted by Gasteiger charge is 2.45. The summed E-state index contributed by atoms with van der Waals surface area (Å²) in [6.07, 6.45) is -9.26. The molecule has 1 heterocycles. The van der Waals surface area contributed by atoms with Crippen LogP contribution in [0.25, 0.3) is 0 Å². The third-order valence-electron chi connectivity index (χ3n) is 2.19. The Morgan fingerprint density at radius 3 is 2.07 bits per heavy atom. The number of aliphatic hydroxyl groups excluding tert-OH is 6. The zero-order chi connectivity index (χ0) is 10.9. The fourth-order valence-electron chi connectivity index (χ4n) is 1.31. The zero-order valence-electron chi connectivity index (χ0n) is 7.26. The van der Waals surface area contributed by atoms with Crippen LogP contribution in [0, 0.1) is 0 Å². The minimum absolute atomic E-state index is 0.683. The molecule has 0 spiro atoms. The van der Waals surface area contributed by atoms with Crippen LogP contribution in [0.2, 0.25) is 0 Å². The lowest BCUT2D eigenvalue weighted by atomic mass is 9.96. The maximum absolute atomic E-state index is 9.31. The highest BCUT2D eigenvalue weighted by molar-refractivity contribution is 4.91. The Hall–Kier alpha value is -0.280. The van der Waals surface area contributed by atoms with E-state index >= 15 is 0 Å². The number of hydrogen-bond donors (Lipinski definition) is 6. The molecule has 1 aliphatic heterocycles. The van der Waals surface area contributed by atoms with Crippen molar-refractivity contribution in [3.8, 4) is 0 Å². The minimum atomic E-state index is -1.69. The molecule has 7 heteroatoms. The van der Waals surface area contributed by atoms with E-state index in [2.05, 4.69) is 4.74 Å². The average Bonchev–Trinajstić information content (AvgIpc) is 2.19. The summed E-state index contributed by atoms with van der Waals surface area (Å²) in [4.78, 5) is 0. The lowest BCUT2D eigenvalue weighted by Crippen LogP contribution is -2.61. The summed E-state index contributed by atoms with van der Waals surface area (Å²) in [7, 11) is 0. The van der Waals surface area contributed by atoms with Gasteiger partial charge in [0.2, 0.25) is 0 Å². The summed E-state index contributed by atoms with van der Waals surface area (Å²) in [6, 6.07) is 0.